The molecule has 0 aliphatic carbocycles. The topological polar surface area (TPSA) is 78.6 Å². The molecule has 11 heteroatoms. The molecule has 0 aliphatic heterocycles. The lowest BCUT2D eigenvalue weighted by Crippen LogP contribution is -2.46. The number of hydrogen-bond donors (Lipinski definition) is 1. The lowest BCUT2D eigenvalue weighted by molar-refractivity contribution is -0.137. The van der Waals surface area contributed by atoms with Crippen LogP contribution in [-0.2, 0) is 31.3 Å². The van der Waals surface area contributed by atoms with E-state index >= 15 is 0 Å². The number of phenols is 1. The molecular formula is C30H44F3N3O4Si. The summed E-state index contributed by atoms with van der Waals surface area (Å²) in [5.74, 6) is 0.00551. The van der Waals surface area contributed by atoms with Crippen LogP contribution in [0.2, 0.25) is 6.04 Å². The first-order valence-electron chi connectivity index (χ1n) is 14.6. The molecule has 0 aliphatic rings. The van der Waals surface area contributed by atoms with Crippen LogP contribution in [0.25, 0.3) is 16.7 Å². The van der Waals surface area contributed by atoms with E-state index in [0.717, 1.165) is 43.4 Å². The number of aryl methyl sites for hydroxylation is 1. The van der Waals surface area contributed by atoms with Crippen LogP contribution in [0.15, 0.2) is 30.3 Å². The number of nitrogens with zero attached hydrogens (tertiary/aromatic N) is 3. The highest BCUT2D eigenvalue weighted by atomic mass is 28.4. The van der Waals surface area contributed by atoms with E-state index in [-0.39, 0.29) is 16.7 Å². The van der Waals surface area contributed by atoms with Crippen molar-refractivity contribution in [3.8, 4) is 11.4 Å². The number of alkyl halides is 3. The van der Waals surface area contributed by atoms with E-state index in [1.165, 1.54) is 10.9 Å². The predicted molar refractivity (Wildman–Crippen MR) is 156 cm³/mol. The first-order chi connectivity index (χ1) is 19.4. The third kappa shape index (κ3) is 8.30. The van der Waals surface area contributed by atoms with Gasteiger partial charge in [0.15, 0.2) is 0 Å². The highest BCUT2D eigenvalue weighted by molar-refractivity contribution is 6.60. The van der Waals surface area contributed by atoms with Crippen molar-refractivity contribution < 1.29 is 31.6 Å². The molecule has 0 radical (unpaired) electrons. The quantitative estimate of drug-likeness (QED) is 0.134. The molecule has 228 valence electrons. The van der Waals surface area contributed by atoms with Gasteiger partial charge in [-0.05, 0) is 80.8 Å². The number of aromatic hydroxyl groups is 1. The molecule has 0 unspecified atom stereocenters. The summed E-state index contributed by atoms with van der Waals surface area (Å²) in [5.41, 5.74) is 1.49. The SMILES string of the molecule is CCCCCC(C)(C)c1cc(CCC[Si](OCC)(OCC)OCC)c(O)c(-n2nc3ccc(C(F)(F)F)cc3n2)c1. The smallest absolute Gasteiger partial charge is 0.500 e. The van der Waals surface area contributed by atoms with Gasteiger partial charge >= 0.3 is 15.0 Å². The van der Waals surface area contributed by atoms with Gasteiger partial charge in [0.2, 0.25) is 0 Å². The van der Waals surface area contributed by atoms with Crippen LogP contribution in [0.5, 0.6) is 5.75 Å². The Balaban J connectivity index is 2.03. The van der Waals surface area contributed by atoms with Gasteiger partial charge in [0, 0.05) is 25.9 Å². The van der Waals surface area contributed by atoms with Gasteiger partial charge in [-0.1, -0.05) is 46.1 Å². The lowest BCUT2D eigenvalue weighted by atomic mass is 9.79. The Hall–Kier alpha value is -2.47. The molecule has 1 aromatic heterocycles. The molecule has 0 bridgehead atoms. The normalized spacial score (nSPS) is 12.9. The first-order valence-corrected chi connectivity index (χ1v) is 16.6. The van der Waals surface area contributed by atoms with E-state index in [2.05, 4.69) is 31.0 Å². The molecule has 3 aromatic rings. The lowest BCUT2D eigenvalue weighted by Gasteiger charge is -2.29. The van der Waals surface area contributed by atoms with Crippen molar-refractivity contribution in [2.24, 2.45) is 0 Å². The molecule has 0 amide bonds. The number of rotatable bonds is 16. The zero-order valence-electron chi connectivity index (χ0n) is 25.1. The first kappa shape index (κ1) is 33.0. The molecule has 41 heavy (non-hydrogen) atoms. The molecule has 3 rings (SSSR count). The van der Waals surface area contributed by atoms with Gasteiger partial charge in [-0.15, -0.1) is 15.0 Å². The molecule has 0 saturated heterocycles. The second kappa shape index (κ2) is 14.1. The van der Waals surface area contributed by atoms with E-state index in [1.807, 2.05) is 32.9 Å². The summed E-state index contributed by atoms with van der Waals surface area (Å²) in [4.78, 5) is 1.24. The molecule has 0 fully saturated rings. The molecule has 0 saturated carbocycles. The van der Waals surface area contributed by atoms with Crippen molar-refractivity contribution in [1.82, 2.24) is 15.0 Å². The zero-order valence-corrected chi connectivity index (χ0v) is 26.1. The van der Waals surface area contributed by atoms with Crippen LogP contribution in [0.1, 0.15) is 90.3 Å². The highest BCUT2D eigenvalue weighted by Crippen LogP contribution is 2.38. The molecular weight excluding hydrogens is 551 g/mol. The number of unbranched alkanes of at least 4 members (excludes halogenated alkanes) is 2. The Kier molecular flexibility index (Phi) is 11.4. The highest BCUT2D eigenvalue weighted by Gasteiger charge is 2.40. The van der Waals surface area contributed by atoms with Gasteiger partial charge in [0.25, 0.3) is 0 Å². The number of fused-ring (bicyclic) bond motifs is 1. The minimum absolute atomic E-state index is 0.00551. The largest absolute Gasteiger partial charge is 0.505 e. The number of phenolic OH excluding ortho intramolecular Hbond substituents is 1. The Morgan fingerprint density at radius 2 is 1.46 bits per heavy atom. The van der Waals surface area contributed by atoms with Crippen molar-refractivity contribution in [3.63, 3.8) is 0 Å². The summed E-state index contributed by atoms with van der Waals surface area (Å²) in [7, 11) is -2.86. The zero-order chi connectivity index (χ0) is 30.3. The molecule has 0 atom stereocenters. The maximum Gasteiger partial charge on any atom is 0.500 e. The van der Waals surface area contributed by atoms with Crippen molar-refractivity contribution in [3.05, 3.63) is 47.0 Å². The van der Waals surface area contributed by atoms with Crippen LogP contribution >= 0.6 is 0 Å². The minimum Gasteiger partial charge on any atom is -0.505 e. The van der Waals surface area contributed by atoms with E-state index < -0.39 is 20.5 Å². The van der Waals surface area contributed by atoms with Crippen molar-refractivity contribution in [2.75, 3.05) is 19.8 Å². The summed E-state index contributed by atoms with van der Waals surface area (Å²) in [6.45, 7) is 13.7. The number of aromatic nitrogens is 3. The average molecular weight is 596 g/mol. The Bertz CT molecular complexity index is 1260. The van der Waals surface area contributed by atoms with Crippen LogP contribution < -0.4 is 0 Å². The van der Waals surface area contributed by atoms with Gasteiger partial charge < -0.3 is 18.4 Å². The number of benzene rings is 2. The van der Waals surface area contributed by atoms with Crippen molar-refractivity contribution in [1.29, 1.82) is 0 Å². The molecule has 0 spiro atoms. The summed E-state index contributed by atoms with van der Waals surface area (Å²) >= 11 is 0. The van der Waals surface area contributed by atoms with Crippen molar-refractivity contribution >= 4 is 19.8 Å². The third-order valence-corrected chi connectivity index (χ3v) is 10.5. The number of halogens is 3. The van der Waals surface area contributed by atoms with Gasteiger partial charge in [0.05, 0.1) is 5.56 Å². The fourth-order valence-electron chi connectivity index (χ4n) is 5.07. The number of hydrogen-bond acceptors (Lipinski definition) is 6. The van der Waals surface area contributed by atoms with Gasteiger partial charge in [-0.3, -0.25) is 0 Å². The van der Waals surface area contributed by atoms with Crippen LogP contribution in [-0.4, -0.2) is 48.7 Å². The molecule has 7 nitrogen and oxygen atoms in total. The Morgan fingerprint density at radius 1 is 0.829 bits per heavy atom. The second-order valence-electron chi connectivity index (χ2n) is 10.9. The summed E-state index contributed by atoms with van der Waals surface area (Å²) in [6, 6.07) is 7.75. The van der Waals surface area contributed by atoms with E-state index in [9.17, 15) is 18.3 Å². The Morgan fingerprint density at radius 3 is 2.05 bits per heavy atom. The van der Waals surface area contributed by atoms with Crippen molar-refractivity contribution in [2.45, 2.75) is 97.7 Å². The minimum atomic E-state index is -4.49. The third-order valence-electron chi connectivity index (χ3n) is 7.30. The summed E-state index contributed by atoms with van der Waals surface area (Å²) in [6.07, 6.45) is 0.929. The van der Waals surface area contributed by atoms with Gasteiger partial charge in [-0.25, -0.2) is 0 Å². The van der Waals surface area contributed by atoms with E-state index in [0.29, 0.717) is 55.5 Å². The monoisotopic (exact) mass is 595 g/mol. The predicted octanol–water partition coefficient (Wildman–Crippen LogP) is 7.98. The fourth-order valence-corrected chi connectivity index (χ4v) is 7.68. The van der Waals surface area contributed by atoms with Crippen LogP contribution in [0.4, 0.5) is 13.2 Å². The molecule has 1 heterocycles. The molecule has 2 aromatic carbocycles. The van der Waals surface area contributed by atoms with Gasteiger partial charge in [-0.2, -0.15) is 13.2 Å². The van der Waals surface area contributed by atoms with Crippen LogP contribution in [0.3, 0.4) is 0 Å². The standard InChI is InChI=1S/C30H44F3N3O4Si/c1-7-11-12-17-29(5,6)24-19-22(14-13-18-41(38-8-2,39-9-3)40-10-4)28(37)27(21-24)36-34-25-16-15-23(30(31,32)33)20-26(25)35-36/h15-16,19-21,37H,7-14,17-18H2,1-6H3. The van der Waals surface area contributed by atoms with Crippen LogP contribution in [0, 0.1) is 0 Å². The second-order valence-corrected chi connectivity index (χ2v) is 13.6. The van der Waals surface area contributed by atoms with E-state index in [4.69, 9.17) is 13.3 Å². The maximum atomic E-state index is 13.3. The fraction of sp³-hybridized carbons (Fsp3) is 0.600. The average Bonchev–Trinajstić information content (AvgIpc) is 3.33. The summed E-state index contributed by atoms with van der Waals surface area (Å²) < 4.78 is 57.9. The van der Waals surface area contributed by atoms with Gasteiger partial charge in [0.1, 0.15) is 22.5 Å². The maximum absolute atomic E-state index is 13.3. The van der Waals surface area contributed by atoms with E-state index in [1.54, 1.807) is 0 Å². The molecule has 1 N–H and O–H groups in total. The summed E-state index contributed by atoms with van der Waals surface area (Å²) in [5, 5.41) is 20.2. The Labute approximate surface area is 242 Å².